The summed E-state index contributed by atoms with van der Waals surface area (Å²) < 4.78 is 1.93. The first kappa shape index (κ1) is 21.0. The van der Waals surface area contributed by atoms with Crippen molar-refractivity contribution in [1.82, 2.24) is 24.3 Å². The highest BCUT2D eigenvalue weighted by Gasteiger charge is 2.59. The van der Waals surface area contributed by atoms with Gasteiger partial charge in [0.1, 0.15) is 22.7 Å². The van der Waals surface area contributed by atoms with Crippen LogP contribution in [0, 0.1) is 5.92 Å². The van der Waals surface area contributed by atoms with Crippen molar-refractivity contribution in [3.05, 3.63) is 64.7 Å². The molecule has 4 aromatic rings. The van der Waals surface area contributed by atoms with Crippen LogP contribution in [0.1, 0.15) is 49.4 Å². The third-order valence-corrected chi connectivity index (χ3v) is 7.10. The second-order valence-corrected chi connectivity index (χ2v) is 9.47. The fourth-order valence-electron chi connectivity index (χ4n) is 5.14. The van der Waals surface area contributed by atoms with Crippen molar-refractivity contribution in [1.29, 1.82) is 0 Å². The van der Waals surface area contributed by atoms with E-state index in [0.29, 0.717) is 33.7 Å². The number of rotatable bonds is 6. The summed E-state index contributed by atoms with van der Waals surface area (Å²) in [6.07, 6.45) is 10.2. The first-order valence-electron chi connectivity index (χ1n) is 11.6. The molecule has 4 heterocycles. The van der Waals surface area contributed by atoms with E-state index in [1.807, 2.05) is 28.9 Å². The van der Waals surface area contributed by atoms with Gasteiger partial charge in [0, 0.05) is 23.6 Å². The predicted octanol–water partition coefficient (Wildman–Crippen LogP) is 4.41. The minimum Gasteiger partial charge on any atom is -0.383 e. The van der Waals surface area contributed by atoms with Gasteiger partial charge in [0.2, 0.25) is 5.91 Å². The Kier molecular flexibility index (Phi) is 4.81. The van der Waals surface area contributed by atoms with Gasteiger partial charge in [0.25, 0.3) is 0 Å². The van der Waals surface area contributed by atoms with Crippen LogP contribution in [-0.2, 0) is 16.6 Å². The molecule has 1 amide bonds. The molecule has 1 fully saturated rings. The lowest BCUT2D eigenvalue weighted by atomic mass is 9.72. The van der Waals surface area contributed by atoms with E-state index < -0.39 is 5.41 Å². The van der Waals surface area contributed by atoms with E-state index in [1.54, 1.807) is 18.3 Å². The highest BCUT2D eigenvalue weighted by Crippen LogP contribution is 2.57. The molecule has 1 aliphatic heterocycles. The topological polar surface area (TPSA) is 111 Å². The van der Waals surface area contributed by atoms with Crippen molar-refractivity contribution in [2.75, 3.05) is 11.1 Å². The van der Waals surface area contributed by atoms with E-state index in [0.717, 1.165) is 49.0 Å². The Bertz CT molecular complexity index is 1430. The first-order valence-corrected chi connectivity index (χ1v) is 12.0. The predicted molar refractivity (Wildman–Crippen MR) is 131 cm³/mol. The van der Waals surface area contributed by atoms with Crippen molar-refractivity contribution < 1.29 is 4.79 Å². The van der Waals surface area contributed by atoms with Crippen LogP contribution in [0.2, 0.25) is 5.02 Å². The van der Waals surface area contributed by atoms with Crippen LogP contribution in [0.5, 0.6) is 0 Å². The van der Waals surface area contributed by atoms with Crippen LogP contribution < -0.4 is 11.1 Å². The van der Waals surface area contributed by atoms with Gasteiger partial charge < -0.3 is 15.5 Å². The lowest BCUT2D eigenvalue weighted by Gasteiger charge is -2.28. The van der Waals surface area contributed by atoms with Crippen molar-refractivity contribution >= 4 is 34.8 Å². The number of anilines is 2. The van der Waals surface area contributed by atoms with Gasteiger partial charge in [-0.25, -0.2) is 19.9 Å². The first-order chi connectivity index (χ1) is 16.5. The fourth-order valence-corrected chi connectivity index (χ4v) is 5.26. The Labute approximate surface area is 201 Å². The molecule has 1 saturated carbocycles. The second-order valence-electron chi connectivity index (χ2n) is 9.03. The molecule has 3 N–H and O–H groups in total. The van der Waals surface area contributed by atoms with Crippen LogP contribution in [0.3, 0.4) is 0 Å². The van der Waals surface area contributed by atoms with Crippen LogP contribution in [-0.4, -0.2) is 30.2 Å². The molecule has 6 rings (SSSR count). The number of imidazole rings is 1. The molecule has 0 spiro atoms. The van der Waals surface area contributed by atoms with Crippen LogP contribution in [0.25, 0.3) is 17.2 Å². The maximum atomic E-state index is 13.5. The summed E-state index contributed by atoms with van der Waals surface area (Å²) in [5, 5.41) is 3.62. The Morgan fingerprint density at radius 1 is 1.21 bits per heavy atom. The minimum atomic E-state index is -0.906. The normalized spacial score (nSPS) is 19.4. The summed E-state index contributed by atoms with van der Waals surface area (Å²) >= 11 is 6.13. The van der Waals surface area contributed by atoms with Gasteiger partial charge in [0.05, 0.1) is 11.3 Å². The van der Waals surface area contributed by atoms with Crippen LogP contribution in [0.4, 0.5) is 11.6 Å². The number of nitrogens with one attached hydrogen (secondary N) is 1. The summed E-state index contributed by atoms with van der Waals surface area (Å²) in [7, 11) is 0. The van der Waals surface area contributed by atoms with E-state index in [1.165, 1.54) is 0 Å². The number of fused-ring (bicyclic) bond motifs is 2. The SMILES string of the molecule is CCCCc1nc(-c2nc(N)c3c(n2)NC(=O)C3(c2ccc(Cl)cc2)C2CC2)cn2ccnc12. The summed E-state index contributed by atoms with van der Waals surface area (Å²) in [5.74, 6) is 1.16. The average molecular weight is 474 g/mol. The molecule has 1 aliphatic carbocycles. The maximum absolute atomic E-state index is 13.5. The number of hydrogen-bond acceptors (Lipinski definition) is 6. The van der Waals surface area contributed by atoms with Crippen molar-refractivity contribution in [2.45, 2.75) is 44.4 Å². The number of hydrogen-bond donors (Lipinski definition) is 2. The zero-order chi connectivity index (χ0) is 23.4. The fraction of sp³-hybridized carbons (Fsp3) is 0.320. The second kappa shape index (κ2) is 7.77. The third kappa shape index (κ3) is 3.09. The number of carbonyl (C=O) groups excluding carboxylic acids is 1. The average Bonchev–Trinajstić information content (AvgIpc) is 3.48. The molecule has 8 nitrogen and oxygen atoms in total. The molecule has 2 aliphatic rings. The minimum absolute atomic E-state index is 0.118. The van der Waals surface area contributed by atoms with E-state index in [2.05, 4.69) is 22.2 Å². The lowest BCUT2D eigenvalue weighted by molar-refractivity contribution is -0.120. The molecule has 1 aromatic carbocycles. The molecule has 0 bridgehead atoms. The number of unbranched alkanes of at least 4 members (excludes halogenated alkanes) is 1. The molecule has 1 atom stereocenters. The maximum Gasteiger partial charge on any atom is 0.241 e. The number of nitrogens with zero attached hydrogens (tertiary/aromatic N) is 5. The third-order valence-electron chi connectivity index (χ3n) is 6.85. The number of benzene rings is 1. The van der Waals surface area contributed by atoms with Gasteiger partial charge in [-0.2, -0.15) is 0 Å². The number of aryl methyl sites for hydroxylation is 1. The van der Waals surface area contributed by atoms with Crippen LogP contribution >= 0.6 is 11.6 Å². The summed E-state index contributed by atoms with van der Waals surface area (Å²) in [6.45, 7) is 2.15. The largest absolute Gasteiger partial charge is 0.383 e. The monoisotopic (exact) mass is 473 g/mol. The number of nitrogen functional groups attached to an aromatic ring is 1. The molecule has 0 saturated heterocycles. The van der Waals surface area contributed by atoms with E-state index >= 15 is 0 Å². The number of halogens is 1. The highest BCUT2D eigenvalue weighted by atomic mass is 35.5. The Morgan fingerprint density at radius 2 is 2.00 bits per heavy atom. The molecular weight excluding hydrogens is 450 g/mol. The Hall–Kier alpha value is -3.52. The summed E-state index contributed by atoms with van der Waals surface area (Å²) in [5.41, 5.74) is 9.50. The van der Waals surface area contributed by atoms with E-state index in [9.17, 15) is 4.79 Å². The summed E-state index contributed by atoms with van der Waals surface area (Å²) in [6, 6.07) is 7.41. The molecule has 34 heavy (non-hydrogen) atoms. The van der Waals surface area contributed by atoms with Gasteiger partial charge in [-0.15, -0.1) is 0 Å². The molecular formula is C25H24ClN7O. The highest BCUT2D eigenvalue weighted by molar-refractivity contribution is 6.30. The van der Waals surface area contributed by atoms with Gasteiger partial charge in [-0.1, -0.05) is 37.1 Å². The zero-order valence-electron chi connectivity index (χ0n) is 18.8. The lowest BCUT2D eigenvalue weighted by Crippen LogP contribution is -2.38. The van der Waals surface area contributed by atoms with Gasteiger partial charge in [-0.05, 0) is 49.3 Å². The van der Waals surface area contributed by atoms with E-state index in [-0.39, 0.29) is 11.8 Å². The summed E-state index contributed by atoms with van der Waals surface area (Å²) in [4.78, 5) is 32.2. The zero-order valence-corrected chi connectivity index (χ0v) is 19.5. The number of aromatic nitrogens is 5. The smallest absolute Gasteiger partial charge is 0.241 e. The molecule has 1 unspecified atom stereocenters. The van der Waals surface area contributed by atoms with E-state index in [4.69, 9.17) is 27.3 Å². The number of nitrogens with two attached hydrogens (primary N) is 1. The van der Waals surface area contributed by atoms with Crippen molar-refractivity contribution in [2.24, 2.45) is 5.92 Å². The number of amides is 1. The van der Waals surface area contributed by atoms with Crippen LogP contribution in [0.15, 0.2) is 42.9 Å². The van der Waals surface area contributed by atoms with Gasteiger partial charge in [0.15, 0.2) is 11.5 Å². The van der Waals surface area contributed by atoms with Gasteiger partial charge >= 0.3 is 0 Å². The molecule has 172 valence electrons. The quantitative estimate of drug-likeness (QED) is 0.429. The molecule has 3 aromatic heterocycles. The van der Waals surface area contributed by atoms with Gasteiger partial charge in [-0.3, -0.25) is 4.79 Å². The Morgan fingerprint density at radius 3 is 2.74 bits per heavy atom. The molecule has 9 heteroatoms. The number of carbonyl (C=O) groups is 1. The standard InChI is InChI=1S/C25H24ClN7O/c1-2-3-4-17-23-28-11-12-33(23)13-18(29-17)21-30-20(27)19-22(31-21)32-24(34)25(19,14-5-6-14)15-7-9-16(26)10-8-15/h7-14H,2-6H2,1H3,(H3,27,30,31,32,34). The van der Waals surface area contributed by atoms with Crippen molar-refractivity contribution in [3.8, 4) is 11.5 Å². The molecule has 0 radical (unpaired) electrons. The Balaban J connectivity index is 1.50. The van der Waals surface area contributed by atoms with Crippen molar-refractivity contribution in [3.63, 3.8) is 0 Å².